The highest BCUT2D eigenvalue weighted by molar-refractivity contribution is 9.09. The first-order valence-electron chi connectivity index (χ1n) is 19.5. The highest BCUT2D eigenvalue weighted by Crippen LogP contribution is 2.28. The molecule has 0 aromatic heterocycles. The standard InChI is InChI=1S/C40H80Br2O3/c1-11-13-15-23-43-39(21-17-19-31(3)25-33(5)27-35(7)29-37(9)41)45-40(44-24-16-14-12-2)22-18-20-32(4)26-34(6)28-36(8)30-38(10)42/h31-40H,11-30H2,1-10H3. The molecule has 0 rings (SSSR count). The topological polar surface area (TPSA) is 27.7 Å². The fraction of sp³-hybridized carbons (Fsp3) is 1.00. The van der Waals surface area contributed by atoms with E-state index in [9.17, 15) is 0 Å². The van der Waals surface area contributed by atoms with Crippen molar-refractivity contribution in [1.29, 1.82) is 0 Å². The normalized spacial score (nSPS) is 18.9. The summed E-state index contributed by atoms with van der Waals surface area (Å²) in [4.78, 5) is 1.23. The lowest BCUT2D eigenvalue weighted by Crippen LogP contribution is -2.28. The van der Waals surface area contributed by atoms with Gasteiger partial charge in [-0.2, -0.15) is 0 Å². The van der Waals surface area contributed by atoms with Crippen LogP contribution in [0.15, 0.2) is 0 Å². The van der Waals surface area contributed by atoms with Gasteiger partial charge in [0.2, 0.25) is 0 Å². The van der Waals surface area contributed by atoms with Gasteiger partial charge in [0.15, 0.2) is 12.6 Å². The molecule has 0 radical (unpaired) electrons. The van der Waals surface area contributed by atoms with Crippen molar-refractivity contribution in [2.24, 2.45) is 35.5 Å². The number of ether oxygens (including phenoxy) is 3. The lowest BCUT2D eigenvalue weighted by atomic mass is 9.86. The SMILES string of the molecule is CCCCCOC(CCCC(C)CC(C)CC(C)CC(C)Br)OC(CCCC(C)CC(C)CC(C)CC(C)Br)OCCCCC. The quantitative estimate of drug-likeness (QED) is 0.0388. The molecule has 0 aliphatic rings. The van der Waals surface area contributed by atoms with Crippen LogP contribution in [0.1, 0.15) is 185 Å². The molecule has 10 unspecified atom stereocenters. The molecule has 0 spiro atoms. The third-order valence-corrected chi connectivity index (χ3v) is 10.1. The number of alkyl halides is 2. The number of rotatable bonds is 32. The molecule has 45 heavy (non-hydrogen) atoms. The minimum atomic E-state index is -0.154. The largest absolute Gasteiger partial charge is 0.353 e. The molecule has 0 N–H and O–H groups in total. The Kier molecular flexibility index (Phi) is 30.3. The van der Waals surface area contributed by atoms with Gasteiger partial charge in [-0.05, 0) is 113 Å². The molecule has 3 nitrogen and oxygen atoms in total. The molecule has 0 heterocycles. The Labute approximate surface area is 300 Å². The lowest BCUT2D eigenvalue weighted by Gasteiger charge is -2.27. The van der Waals surface area contributed by atoms with Crippen LogP contribution in [0.4, 0.5) is 0 Å². The van der Waals surface area contributed by atoms with Gasteiger partial charge >= 0.3 is 0 Å². The van der Waals surface area contributed by atoms with Gasteiger partial charge in [0.25, 0.3) is 0 Å². The van der Waals surface area contributed by atoms with Gasteiger partial charge in [-0.15, -0.1) is 0 Å². The van der Waals surface area contributed by atoms with E-state index in [1.165, 1.54) is 77.0 Å². The van der Waals surface area contributed by atoms with E-state index in [2.05, 4.69) is 101 Å². The molecule has 0 aromatic carbocycles. The molecule has 0 saturated carbocycles. The summed E-state index contributed by atoms with van der Waals surface area (Å²) in [5, 5.41) is 0. The van der Waals surface area contributed by atoms with Crippen LogP contribution in [0.5, 0.6) is 0 Å². The average molecular weight is 769 g/mol. The third kappa shape index (κ3) is 29.5. The van der Waals surface area contributed by atoms with Crippen molar-refractivity contribution in [3.05, 3.63) is 0 Å². The molecule has 0 amide bonds. The van der Waals surface area contributed by atoms with Gasteiger partial charge in [0, 0.05) is 22.9 Å². The first-order valence-corrected chi connectivity index (χ1v) is 21.4. The van der Waals surface area contributed by atoms with Crippen molar-refractivity contribution >= 4 is 31.9 Å². The molecule has 0 bridgehead atoms. The zero-order valence-corrected chi connectivity index (χ0v) is 35.1. The Balaban J connectivity index is 4.96. The van der Waals surface area contributed by atoms with E-state index in [-0.39, 0.29) is 12.6 Å². The van der Waals surface area contributed by atoms with Gasteiger partial charge in [-0.25, -0.2) is 0 Å². The molecule has 10 atom stereocenters. The highest BCUT2D eigenvalue weighted by atomic mass is 79.9. The van der Waals surface area contributed by atoms with Crippen LogP contribution in [-0.4, -0.2) is 35.4 Å². The molecule has 272 valence electrons. The summed E-state index contributed by atoms with van der Waals surface area (Å²) in [6.07, 6.45) is 21.4. The Morgan fingerprint density at radius 3 is 1.07 bits per heavy atom. The smallest absolute Gasteiger partial charge is 0.160 e. The van der Waals surface area contributed by atoms with Gasteiger partial charge in [-0.3, -0.25) is 0 Å². The number of hydrogen-bond acceptors (Lipinski definition) is 3. The summed E-state index contributed by atoms with van der Waals surface area (Å²) < 4.78 is 19.4. The predicted octanol–water partition coefficient (Wildman–Crippen LogP) is 14.1. The van der Waals surface area contributed by atoms with E-state index in [1.807, 2.05) is 0 Å². The van der Waals surface area contributed by atoms with Gasteiger partial charge in [-0.1, -0.05) is 140 Å². The van der Waals surface area contributed by atoms with E-state index in [4.69, 9.17) is 14.2 Å². The maximum absolute atomic E-state index is 6.66. The van der Waals surface area contributed by atoms with Crippen LogP contribution >= 0.6 is 31.9 Å². The van der Waals surface area contributed by atoms with Crippen LogP contribution in [0.3, 0.4) is 0 Å². The maximum atomic E-state index is 6.66. The van der Waals surface area contributed by atoms with Crippen LogP contribution in [0.2, 0.25) is 0 Å². The summed E-state index contributed by atoms with van der Waals surface area (Å²) in [7, 11) is 0. The second kappa shape index (κ2) is 29.7. The number of halogens is 2. The van der Waals surface area contributed by atoms with E-state index in [0.29, 0.717) is 9.65 Å². The van der Waals surface area contributed by atoms with Crippen molar-refractivity contribution < 1.29 is 14.2 Å². The van der Waals surface area contributed by atoms with Crippen molar-refractivity contribution in [2.45, 2.75) is 207 Å². The van der Waals surface area contributed by atoms with Gasteiger partial charge in [0.05, 0.1) is 0 Å². The lowest BCUT2D eigenvalue weighted by molar-refractivity contribution is -0.250. The summed E-state index contributed by atoms with van der Waals surface area (Å²) in [5.74, 6) is 4.62. The van der Waals surface area contributed by atoms with Crippen LogP contribution in [0.25, 0.3) is 0 Å². The summed E-state index contributed by atoms with van der Waals surface area (Å²) in [6, 6.07) is 0. The van der Waals surface area contributed by atoms with Crippen LogP contribution < -0.4 is 0 Å². The van der Waals surface area contributed by atoms with Gasteiger partial charge < -0.3 is 14.2 Å². The van der Waals surface area contributed by atoms with Crippen LogP contribution in [-0.2, 0) is 14.2 Å². The fourth-order valence-corrected chi connectivity index (χ4v) is 8.70. The van der Waals surface area contributed by atoms with Crippen molar-refractivity contribution in [3.8, 4) is 0 Å². The second-order valence-electron chi connectivity index (χ2n) is 15.6. The third-order valence-electron chi connectivity index (χ3n) is 9.35. The maximum Gasteiger partial charge on any atom is 0.160 e. The van der Waals surface area contributed by atoms with E-state index in [1.54, 1.807) is 0 Å². The highest BCUT2D eigenvalue weighted by Gasteiger charge is 2.21. The second-order valence-corrected chi connectivity index (χ2v) is 18.7. The Morgan fingerprint density at radius 1 is 0.400 bits per heavy atom. The van der Waals surface area contributed by atoms with E-state index < -0.39 is 0 Å². The monoisotopic (exact) mass is 766 g/mol. The van der Waals surface area contributed by atoms with Crippen molar-refractivity contribution in [2.75, 3.05) is 13.2 Å². The molecule has 5 heteroatoms. The van der Waals surface area contributed by atoms with E-state index in [0.717, 1.165) is 87.2 Å². The molecule has 0 aliphatic heterocycles. The average Bonchev–Trinajstić information content (AvgIpc) is 2.91. The zero-order chi connectivity index (χ0) is 34.0. The first kappa shape index (κ1) is 45.8. The van der Waals surface area contributed by atoms with Crippen LogP contribution in [0, 0.1) is 35.5 Å². The minimum Gasteiger partial charge on any atom is -0.353 e. The summed E-state index contributed by atoms with van der Waals surface area (Å²) in [6.45, 7) is 25.2. The Morgan fingerprint density at radius 2 is 0.733 bits per heavy atom. The van der Waals surface area contributed by atoms with Crippen molar-refractivity contribution in [3.63, 3.8) is 0 Å². The molecule has 0 saturated heterocycles. The predicted molar refractivity (Wildman–Crippen MR) is 207 cm³/mol. The molecule has 0 fully saturated rings. The number of unbranched alkanes of at least 4 members (excludes halogenated alkanes) is 4. The molecule has 0 aliphatic carbocycles. The molecular weight excluding hydrogens is 688 g/mol. The van der Waals surface area contributed by atoms with E-state index >= 15 is 0 Å². The fourth-order valence-electron chi connectivity index (χ4n) is 7.43. The van der Waals surface area contributed by atoms with Crippen molar-refractivity contribution in [1.82, 2.24) is 0 Å². The summed E-state index contributed by atoms with van der Waals surface area (Å²) in [5.41, 5.74) is 0. The zero-order valence-electron chi connectivity index (χ0n) is 31.9. The Bertz CT molecular complexity index is 579. The number of hydrogen-bond donors (Lipinski definition) is 0. The minimum absolute atomic E-state index is 0.154. The molecular formula is C40H80Br2O3. The first-order chi connectivity index (χ1) is 21.4. The van der Waals surface area contributed by atoms with Gasteiger partial charge in [0.1, 0.15) is 0 Å². The Hall–Kier alpha value is 0.840. The molecule has 0 aromatic rings. The summed E-state index contributed by atoms with van der Waals surface area (Å²) >= 11 is 7.47.